The van der Waals surface area contributed by atoms with Crippen molar-refractivity contribution < 1.29 is 34.4 Å². The van der Waals surface area contributed by atoms with Gasteiger partial charge in [0.2, 0.25) is 0 Å². The van der Waals surface area contributed by atoms with Gasteiger partial charge in [-0.2, -0.15) is 0 Å². The summed E-state index contributed by atoms with van der Waals surface area (Å²) in [6.45, 7) is 15.6. The van der Waals surface area contributed by atoms with Gasteiger partial charge >= 0.3 is 5.78 Å². The summed E-state index contributed by atoms with van der Waals surface area (Å²) in [5.41, 5.74) is 3.69. The SMILES string of the molecule is CC(C)(C)C(=[OH+])/C=C(\O)C(C)(C)C.Cc1[c-]c(-c2nccc3c2ccc2c3ccc3c4ccc(F)cc4ccc32)cc(C)c1.[Ir]. The van der Waals surface area contributed by atoms with Crippen molar-refractivity contribution in [3.63, 3.8) is 0 Å². The Kier molecular flexibility index (Phi) is 9.68. The first-order valence-corrected chi connectivity index (χ1v) is 14.9. The normalized spacial score (nSPS) is 12.2. The maximum Gasteiger partial charge on any atom is 0.325 e. The minimum absolute atomic E-state index is 0. The van der Waals surface area contributed by atoms with Crippen molar-refractivity contribution in [2.75, 3.05) is 0 Å². The van der Waals surface area contributed by atoms with Gasteiger partial charge in [-0.3, -0.25) is 4.79 Å². The summed E-state index contributed by atoms with van der Waals surface area (Å²) in [4.78, 5) is 14.3. The van der Waals surface area contributed by atoms with E-state index in [1.165, 1.54) is 39.3 Å². The van der Waals surface area contributed by atoms with E-state index in [-0.39, 0.29) is 48.3 Å². The van der Waals surface area contributed by atoms with Gasteiger partial charge in [-0.05, 0) is 87.8 Å². The average molecular weight is 778 g/mol. The molecule has 6 rings (SSSR count). The number of nitrogens with zero attached hydrogens (tertiary/aromatic N) is 1. The molecule has 0 bridgehead atoms. The van der Waals surface area contributed by atoms with Gasteiger partial charge in [-0.1, -0.05) is 77.1 Å². The van der Waals surface area contributed by atoms with Gasteiger partial charge in [0.25, 0.3) is 0 Å². The van der Waals surface area contributed by atoms with Crippen LogP contribution >= 0.6 is 0 Å². The molecule has 0 fully saturated rings. The fraction of sp³-hybridized carbons (Fsp3) is 0.250. The van der Waals surface area contributed by atoms with Crippen LogP contribution in [0.5, 0.6) is 0 Å². The predicted molar refractivity (Wildman–Crippen MR) is 185 cm³/mol. The number of aliphatic hydroxyl groups is 1. The smallest absolute Gasteiger partial charge is 0.325 e. The van der Waals surface area contributed by atoms with Crippen molar-refractivity contribution in [1.82, 2.24) is 4.98 Å². The number of benzene rings is 5. The third kappa shape index (κ3) is 7.16. The van der Waals surface area contributed by atoms with E-state index in [0.29, 0.717) is 0 Å². The molecule has 1 aromatic heterocycles. The monoisotopic (exact) mass is 778 g/mol. The van der Waals surface area contributed by atoms with E-state index in [2.05, 4.69) is 68.4 Å². The van der Waals surface area contributed by atoms with Crippen LogP contribution in [0.25, 0.3) is 54.3 Å². The fourth-order valence-electron chi connectivity index (χ4n) is 5.40. The van der Waals surface area contributed by atoms with Crippen molar-refractivity contribution in [2.24, 2.45) is 10.8 Å². The van der Waals surface area contributed by atoms with Crippen LogP contribution in [0.1, 0.15) is 52.7 Å². The Balaban J connectivity index is 0.000000283. The Labute approximate surface area is 278 Å². The third-order valence-corrected chi connectivity index (χ3v) is 7.93. The molecule has 2 N–H and O–H groups in total. The first kappa shape index (κ1) is 34.0. The zero-order chi connectivity index (χ0) is 32.0. The second-order valence-corrected chi connectivity index (χ2v) is 13.7. The maximum absolute atomic E-state index is 13.7. The number of hydrogen-bond donors (Lipinski definition) is 1. The van der Waals surface area contributed by atoms with E-state index >= 15 is 0 Å². The van der Waals surface area contributed by atoms with E-state index in [1.54, 1.807) is 6.07 Å². The number of hydrogen-bond acceptors (Lipinski definition) is 2. The Morgan fingerprint density at radius 2 is 1.27 bits per heavy atom. The van der Waals surface area contributed by atoms with Crippen LogP contribution in [-0.4, -0.2) is 20.7 Å². The molecular weight excluding hydrogens is 738 g/mol. The zero-order valence-corrected chi connectivity index (χ0v) is 29.5. The molecule has 0 aliphatic rings. The molecule has 45 heavy (non-hydrogen) atoms. The van der Waals surface area contributed by atoms with Crippen molar-refractivity contribution in [1.29, 1.82) is 0 Å². The van der Waals surface area contributed by atoms with E-state index in [4.69, 9.17) is 4.98 Å². The first-order chi connectivity index (χ1) is 20.6. The maximum atomic E-state index is 13.7. The van der Waals surface area contributed by atoms with E-state index in [9.17, 15) is 14.3 Å². The molecule has 1 heterocycles. The number of aryl methyl sites for hydroxylation is 2. The van der Waals surface area contributed by atoms with Crippen LogP contribution in [0.15, 0.2) is 90.8 Å². The molecule has 5 aromatic carbocycles. The summed E-state index contributed by atoms with van der Waals surface area (Å²) in [6, 6.07) is 27.6. The number of ketones is 1. The zero-order valence-electron chi connectivity index (χ0n) is 27.1. The molecule has 0 saturated heterocycles. The molecule has 0 unspecified atom stereocenters. The summed E-state index contributed by atoms with van der Waals surface area (Å²) in [5, 5.41) is 18.6. The van der Waals surface area contributed by atoms with Gasteiger partial charge in [0, 0.05) is 31.7 Å². The topological polar surface area (TPSA) is 54.5 Å². The summed E-state index contributed by atoms with van der Waals surface area (Å²) in [6.07, 6.45) is 3.33. The van der Waals surface area contributed by atoms with Crippen molar-refractivity contribution in [3.05, 3.63) is 114 Å². The second kappa shape index (κ2) is 12.8. The van der Waals surface area contributed by atoms with Crippen molar-refractivity contribution in [2.45, 2.75) is 55.4 Å². The molecule has 3 nitrogen and oxygen atoms in total. The van der Waals surface area contributed by atoms with Gasteiger partial charge in [0.05, 0.1) is 11.5 Å². The van der Waals surface area contributed by atoms with Crippen LogP contribution in [0.2, 0.25) is 0 Å². The number of aliphatic hydroxyl groups excluding tert-OH is 1. The van der Waals surface area contributed by atoms with E-state index in [0.717, 1.165) is 38.4 Å². The van der Waals surface area contributed by atoms with Gasteiger partial charge in [-0.15, -0.1) is 34.9 Å². The van der Waals surface area contributed by atoms with Gasteiger partial charge in [-0.25, -0.2) is 4.39 Å². The number of allylic oxidation sites excluding steroid dienone is 2. The minimum Gasteiger partial charge on any atom is -0.511 e. The molecule has 0 spiro atoms. The van der Waals surface area contributed by atoms with Crippen molar-refractivity contribution in [3.8, 4) is 11.3 Å². The second-order valence-electron chi connectivity index (χ2n) is 13.7. The molecular formula is C40H40FIrNO2. The third-order valence-electron chi connectivity index (χ3n) is 7.93. The van der Waals surface area contributed by atoms with E-state index in [1.807, 2.05) is 59.9 Å². The molecule has 0 atom stereocenters. The summed E-state index contributed by atoms with van der Waals surface area (Å²) in [7, 11) is 0. The summed E-state index contributed by atoms with van der Waals surface area (Å²) < 4.78 is 13.7. The van der Waals surface area contributed by atoms with E-state index < -0.39 is 0 Å². The summed E-state index contributed by atoms with van der Waals surface area (Å²) in [5.74, 6) is 0.210. The molecule has 0 aliphatic heterocycles. The number of halogens is 1. The number of aromatic nitrogens is 1. The first-order valence-electron chi connectivity index (χ1n) is 14.9. The van der Waals surface area contributed by atoms with Crippen LogP contribution in [0.4, 0.5) is 4.39 Å². The minimum atomic E-state index is -0.306. The molecule has 0 saturated carbocycles. The Morgan fingerprint density at radius 3 is 1.84 bits per heavy atom. The van der Waals surface area contributed by atoms with Gasteiger partial charge in [0.15, 0.2) is 0 Å². The Bertz CT molecular complexity index is 2080. The summed E-state index contributed by atoms with van der Waals surface area (Å²) >= 11 is 0. The van der Waals surface area contributed by atoms with Crippen LogP contribution in [-0.2, 0) is 20.1 Å². The number of rotatable bonds is 2. The van der Waals surface area contributed by atoms with Crippen LogP contribution < -0.4 is 0 Å². The standard InChI is InChI=1S/C29H19FN.C11H20O2.Ir/c1-17-13-18(2)15-20(14-17)29-28-10-9-25-24-5-3-19-16-21(30)4-6-22(19)23(24)7-8-26(25)27(28)11-12-31-29;1-10(2,3)8(12)7-9(13)11(4,5)6;/h3-14,16H,1-2H3;7,12H,1-6H3;/q-1;;/p+1/b;8-7-;. The Morgan fingerprint density at radius 1 is 0.733 bits per heavy atom. The number of pyridine rings is 1. The van der Waals surface area contributed by atoms with Crippen molar-refractivity contribution >= 4 is 48.9 Å². The molecule has 0 amide bonds. The van der Waals surface area contributed by atoms with Gasteiger partial charge < -0.3 is 10.1 Å². The number of fused-ring (bicyclic) bond motifs is 7. The quantitative estimate of drug-likeness (QED) is 0.0626. The number of carbonyl (C=O) groups excluding carboxylic acids is 1. The molecule has 233 valence electrons. The van der Waals surface area contributed by atoms with Crippen LogP contribution in [0, 0.1) is 36.6 Å². The molecule has 5 heteroatoms. The molecule has 0 aliphatic carbocycles. The fourth-order valence-corrected chi connectivity index (χ4v) is 5.40. The van der Waals surface area contributed by atoms with Crippen LogP contribution in [0.3, 0.4) is 0 Å². The molecule has 1 radical (unpaired) electrons. The average Bonchev–Trinajstić information content (AvgIpc) is 2.94. The largest absolute Gasteiger partial charge is 0.511 e. The van der Waals surface area contributed by atoms with Gasteiger partial charge in [0.1, 0.15) is 11.6 Å². The molecule has 6 aromatic rings. The Hall–Kier alpha value is -3.92. The predicted octanol–water partition coefficient (Wildman–Crippen LogP) is 11.0.